The van der Waals surface area contributed by atoms with Crippen LogP contribution in [0.2, 0.25) is 10.0 Å². The van der Waals surface area contributed by atoms with Gasteiger partial charge < -0.3 is 14.2 Å². The average molecular weight is 407 g/mol. The zero-order valence-corrected chi connectivity index (χ0v) is 15.9. The molecule has 2 aromatic carbocycles. The molecule has 0 fully saturated rings. The molecule has 27 heavy (non-hydrogen) atoms. The lowest BCUT2D eigenvalue weighted by atomic mass is 10.2. The van der Waals surface area contributed by atoms with Gasteiger partial charge in [0.25, 0.3) is 5.91 Å². The van der Waals surface area contributed by atoms with E-state index < -0.39 is 5.91 Å². The topological polar surface area (TPSA) is 69.2 Å². The molecule has 0 saturated carbocycles. The maximum absolute atomic E-state index is 11.8. The molecule has 1 heterocycles. The van der Waals surface area contributed by atoms with Gasteiger partial charge in [-0.15, -0.1) is 0 Å². The Kier molecular flexibility index (Phi) is 6.21. The number of halogens is 2. The first-order chi connectivity index (χ1) is 13.0. The van der Waals surface area contributed by atoms with E-state index in [0.717, 1.165) is 11.3 Å². The highest BCUT2D eigenvalue weighted by molar-refractivity contribution is 6.34. The van der Waals surface area contributed by atoms with Crippen LogP contribution < -0.4 is 19.6 Å². The van der Waals surface area contributed by atoms with Gasteiger partial charge in [0.2, 0.25) is 6.79 Å². The molecule has 0 radical (unpaired) electrons. The number of carbonyl (C=O) groups excluding carboxylic acids is 1. The third kappa shape index (κ3) is 5.39. The number of nitrogens with zero attached hydrogens (tertiary/aromatic N) is 1. The Morgan fingerprint density at radius 3 is 2.89 bits per heavy atom. The van der Waals surface area contributed by atoms with E-state index in [2.05, 4.69) is 10.5 Å². The number of benzene rings is 2. The van der Waals surface area contributed by atoms with Gasteiger partial charge in [0.1, 0.15) is 5.75 Å². The van der Waals surface area contributed by atoms with E-state index in [4.69, 9.17) is 37.4 Å². The molecule has 0 spiro atoms. The van der Waals surface area contributed by atoms with E-state index >= 15 is 0 Å². The Morgan fingerprint density at radius 2 is 2.04 bits per heavy atom. The highest BCUT2D eigenvalue weighted by Gasteiger charge is 2.12. The van der Waals surface area contributed by atoms with Crippen LogP contribution in [0.5, 0.6) is 17.2 Å². The van der Waals surface area contributed by atoms with Crippen molar-refractivity contribution in [1.82, 2.24) is 5.43 Å². The SMILES string of the molecule is CC(/C=C/c1ccc2c(c1)OCO2)=N\NC(=O)COc1cc(Cl)ccc1Cl. The maximum atomic E-state index is 11.8. The minimum atomic E-state index is -0.415. The summed E-state index contributed by atoms with van der Waals surface area (Å²) in [6, 6.07) is 10.4. The van der Waals surface area contributed by atoms with E-state index in [-0.39, 0.29) is 13.4 Å². The van der Waals surface area contributed by atoms with E-state index in [1.165, 1.54) is 0 Å². The summed E-state index contributed by atoms with van der Waals surface area (Å²) in [7, 11) is 0. The first-order valence-corrected chi connectivity index (χ1v) is 8.75. The van der Waals surface area contributed by atoms with Gasteiger partial charge in [-0.2, -0.15) is 5.10 Å². The van der Waals surface area contributed by atoms with Crippen molar-refractivity contribution in [2.24, 2.45) is 5.10 Å². The number of fused-ring (bicyclic) bond motifs is 1. The smallest absolute Gasteiger partial charge is 0.277 e. The lowest BCUT2D eigenvalue weighted by Gasteiger charge is -2.07. The molecule has 0 aliphatic carbocycles. The van der Waals surface area contributed by atoms with Crippen molar-refractivity contribution in [2.45, 2.75) is 6.92 Å². The summed E-state index contributed by atoms with van der Waals surface area (Å²) >= 11 is 11.8. The maximum Gasteiger partial charge on any atom is 0.277 e. The normalized spacial score (nSPS) is 13.1. The summed E-state index contributed by atoms with van der Waals surface area (Å²) in [6.07, 6.45) is 3.63. The Labute approximate surface area is 166 Å². The van der Waals surface area contributed by atoms with Crippen LogP contribution in [0.15, 0.2) is 47.6 Å². The van der Waals surface area contributed by atoms with E-state index in [9.17, 15) is 4.79 Å². The van der Waals surface area contributed by atoms with Crippen molar-refractivity contribution < 1.29 is 19.0 Å². The van der Waals surface area contributed by atoms with E-state index in [1.807, 2.05) is 24.3 Å². The molecule has 0 saturated heterocycles. The molecule has 0 unspecified atom stereocenters. The van der Waals surface area contributed by atoms with Gasteiger partial charge in [-0.3, -0.25) is 4.79 Å². The monoisotopic (exact) mass is 406 g/mol. The van der Waals surface area contributed by atoms with Gasteiger partial charge >= 0.3 is 0 Å². The van der Waals surface area contributed by atoms with Gasteiger partial charge in [0.15, 0.2) is 18.1 Å². The summed E-state index contributed by atoms with van der Waals surface area (Å²) in [5.41, 5.74) is 3.96. The number of carbonyl (C=O) groups is 1. The second-order valence-electron chi connectivity index (χ2n) is 5.60. The first kappa shape index (κ1) is 19.1. The van der Waals surface area contributed by atoms with Crippen LogP contribution in [0.25, 0.3) is 6.08 Å². The molecule has 1 N–H and O–H groups in total. The van der Waals surface area contributed by atoms with Gasteiger partial charge in [-0.05, 0) is 42.8 Å². The Balaban J connectivity index is 1.51. The van der Waals surface area contributed by atoms with Crippen LogP contribution in [0, 0.1) is 0 Å². The minimum Gasteiger partial charge on any atom is -0.482 e. The van der Waals surface area contributed by atoms with Crippen molar-refractivity contribution >= 4 is 40.9 Å². The summed E-state index contributed by atoms with van der Waals surface area (Å²) in [5.74, 6) is 1.35. The quantitative estimate of drug-likeness (QED) is 0.573. The average Bonchev–Trinajstić information content (AvgIpc) is 3.13. The van der Waals surface area contributed by atoms with Crippen LogP contribution in [-0.4, -0.2) is 25.0 Å². The third-order valence-corrected chi connectivity index (χ3v) is 4.07. The third-order valence-electron chi connectivity index (χ3n) is 3.52. The second-order valence-corrected chi connectivity index (χ2v) is 6.44. The number of hydrogen-bond acceptors (Lipinski definition) is 5. The number of rotatable bonds is 6. The lowest BCUT2D eigenvalue weighted by Crippen LogP contribution is -2.25. The predicted octanol–water partition coefficient (Wildman–Crippen LogP) is 4.31. The fraction of sp³-hybridized carbons (Fsp3) is 0.158. The molecule has 0 aromatic heterocycles. The molecule has 6 nitrogen and oxygen atoms in total. The van der Waals surface area contributed by atoms with Crippen LogP contribution in [-0.2, 0) is 4.79 Å². The summed E-state index contributed by atoms with van der Waals surface area (Å²) in [5, 5.41) is 4.84. The molecule has 3 rings (SSSR count). The molecule has 0 bridgehead atoms. The molecule has 1 aliphatic rings. The van der Waals surface area contributed by atoms with Crippen molar-refractivity contribution in [1.29, 1.82) is 0 Å². The van der Waals surface area contributed by atoms with Gasteiger partial charge in [-0.1, -0.05) is 35.3 Å². The zero-order valence-electron chi connectivity index (χ0n) is 14.4. The van der Waals surface area contributed by atoms with E-state index in [1.54, 1.807) is 31.2 Å². The van der Waals surface area contributed by atoms with Crippen molar-refractivity contribution in [3.63, 3.8) is 0 Å². The second kappa shape index (κ2) is 8.79. The molecular weight excluding hydrogens is 391 g/mol. The van der Waals surface area contributed by atoms with Crippen molar-refractivity contribution in [3.8, 4) is 17.2 Å². The summed E-state index contributed by atoms with van der Waals surface area (Å²) in [4.78, 5) is 11.8. The van der Waals surface area contributed by atoms with Gasteiger partial charge in [0, 0.05) is 11.1 Å². The predicted molar refractivity (Wildman–Crippen MR) is 105 cm³/mol. The number of hydrazone groups is 1. The highest BCUT2D eigenvalue weighted by Crippen LogP contribution is 2.32. The summed E-state index contributed by atoms with van der Waals surface area (Å²) < 4.78 is 15.9. The molecule has 0 atom stereocenters. The number of allylic oxidation sites excluding steroid dienone is 1. The molecule has 1 aliphatic heterocycles. The molecule has 2 aromatic rings. The van der Waals surface area contributed by atoms with Crippen LogP contribution >= 0.6 is 23.2 Å². The largest absolute Gasteiger partial charge is 0.482 e. The fourth-order valence-corrected chi connectivity index (χ4v) is 2.52. The first-order valence-electron chi connectivity index (χ1n) is 8.00. The van der Waals surface area contributed by atoms with Crippen LogP contribution in [0.1, 0.15) is 12.5 Å². The zero-order chi connectivity index (χ0) is 19.2. The number of hydrogen-bond donors (Lipinski definition) is 1. The van der Waals surface area contributed by atoms with E-state index in [0.29, 0.717) is 27.3 Å². The van der Waals surface area contributed by atoms with Crippen LogP contribution in [0.3, 0.4) is 0 Å². The Morgan fingerprint density at radius 1 is 1.22 bits per heavy atom. The number of ether oxygens (including phenoxy) is 3. The van der Waals surface area contributed by atoms with Crippen LogP contribution in [0.4, 0.5) is 0 Å². The molecule has 140 valence electrons. The standard InChI is InChI=1S/C19H16Cl2N2O4/c1-12(2-3-13-4-7-16-18(8-13)27-11-26-16)22-23-19(24)10-25-17-9-14(20)5-6-15(17)21/h2-9H,10-11H2,1H3,(H,23,24)/b3-2+,22-12+. The Hall–Kier alpha value is -2.70. The molecule has 1 amide bonds. The number of amides is 1. The summed E-state index contributed by atoms with van der Waals surface area (Å²) in [6.45, 7) is 1.76. The van der Waals surface area contributed by atoms with Crippen molar-refractivity contribution in [3.05, 3.63) is 58.1 Å². The minimum absolute atomic E-state index is 0.233. The van der Waals surface area contributed by atoms with Crippen molar-refractivity contribution in [2.75, 3.05) is 13.4 Å². The lowest BCUT2D eigenvalue weighted by molar-refractivity contribution is -0.123. The Bertz CT molecular complexity index is 913. The molecular formula is C19H16Cl2N2O4. The highest BCUT2D eigenvalue weighted by atomic mass is 35.5. The van der Waals surface area contributed by atoms with Gasteiger partial charge in [-0.25, -0.2) is 5.43 Å². The van der Waals surface area contributed by atoms with Gasteiger partial charge in [0.05, 0.1) is 10.7 Å². The molecule has 8 heteroatoms. The number of nitrogens with one attached hydrogen (secondary N) is 1. The fourth-order valence-electron chi connectivity index (χ4n) is 2.18.